The number of allylic oxidation sites excluding steroid dienone is 8. The molecule has 0 bridgehead atoms. The second kappa shape index (κ2) is 8.68. The van der Waals surface area contributed by atoms with Crippen LogP contribution in [0.1, 0.15) is 0 Å². The molecule has 22 heavy (non-hydrogen) atoms. The highest BCUT2D eigenvalue weighted by molar-refractivity contribution is 9.26. The van der Waals surface area contributed by atoms with Crippen LogP contribution in [0.3, 0.4) is 0 Å². The van der Waals surface area contributed by atoms with Crippen molar-refractivity contribution in [2.75, 3.05) is 0 Å². The Kier molecular flexibility index (Phi) is 8.76. The first-order valence-electron chi connectivity index (χ1n) is 5.23. The van der Waals surface area contributed by atoms with Crippen LogP contribution in [0.15, 0.2) is 42.2 Å². The molecule has 2 nitrogen and oxygen atoms in total. The molecular weight excluding hydrogens is 815 g/mol. The Morgan fingerprint density at radius 1 is 0.545 bits per heavy atom. The van der Waals surface area contributed by atoms with Crippen LogP contribution in [0.2, 0.25) is 0 Å². The SMILES string of the molecule is O=C1C(Br)=CC(Br)(Br)C=C1Br.O=C1C(Br)=CC(Br)(Br)C=C1Br. The van der Waals surface area contributed by atoms with Crippen molar-refractivity contribution in [1.29, 1.82) is 0 Å². The van der Waals surface area contributed by atoms with Gasteiger partial charge in [-0.3, -0.25) is 9.59 Å². The van der Waals surface area contributed by atoms with Gasteiger partial charge in [0.1, 0.15) is 6.47 Å². The Balaban J connectivity index is 0.000000220. The first-order chi connectivity index (χ1) is 9.84. The first kappa shape index (κ1) is 22.2. The average Bonchev–Trinajstić information content (AvgIpc) is 2.31. The van der Waals surface area contributed by atoms with E-state index in [-0.39, 0.29) is 11.6 Å². The molecule has 0 aliphatic heterocycles. The summed E-state index contributed by atoms with van der Waals surface area (Å²) in [5.41, 5.74) is 0. The Morgan fingerprint density at radius 2 is 0.727 bits per heavy atom. The number of hydrogen-bond donors (Lipinski definition) is 0. The van der Waals surface area contributed by atoms with Crippen molar-refractivity contribution in [3.63, 3.8) is 0 Å². The third-order valence-corrected chi connectivity index (χ3v) is 6.33. The minimum Gasteiger partial charge on any atom is -0.287 e. The minimum atomic E-state index is -0.411. The zero-order valence-electron chi connectivity index (χ0n) is 10.1. The lowest BCUT2D eigenvalue weighted by Gasteiger charge is -2.16. The van der Waals surface area contributed by atoms with Gasteiger partial charge in [0.15, 0.2) is 0 Å². The molecule has 2 aliphatic carbocycles. The predicted octanol–water partition coefficient (Wildman–Crippen LogP) is 7.23. The third-order valence-electron chi connectivity index (χ3n) is 2.14. The van der Waals surface area contributed by atoms with E-state index < -0.39 is 6.47 Å². The van der Waals surface area contributed by atoms with Crippen molar-refractivity contribution in [1.82, 2.24) is 0 Å². The van der Waals surface area contributed by atoms with Gasteiger partial charge in [0, 0.05) is 0 Å². The van der Waals surface area contributed by atoms with E-state index in [9.17, 15) is 9.59 Å². The van der Waals surface area contributed by atoms with Gasteiger partial charge in [-0.25, -0.2) is 0 Å². The van der Waals surface area contributed by atoms with E-state index in [2.05, 4.69) is 127 Å². The summed E-state index contributed by atoms with van der Waals surface area (Å²) in [5.74, 6) is -0.0842. The molecule has 2 aliphatic rings. The van der Waals surface area contributed by atoms with Crippen LogP contribution in [0, 0.1) is 0 Å². The lowest BCUT2D eigenvalue weighted by molar-refractivity contribution is -0.111. The number of halogens is 8. The fourth-order valence-electron chi connectivity index (χ4n) is 1.25. The summed E-state index contributed by atoms with van der Waals surface area (Å²) in [6.07, 6.45) is 6.94. The van der Waals surface area contributed by atoms with Gasteiger partial charge in [-0.1, -0.05) is 63.7 Å². The average molecular weight is 819 g/mol. The van der Waals surface area contributed by atoms with Gasteiger partial charge in [0.2, 0.25) is 11.6 Å². The Morgan fingerprint density at radius 3 is 0.909 bits per heavy atom. The van der Waals surface area contributed by atoms with Gasteiger partial charge in [0.05, 0.1) is 17.9 Å². The quantitative estimate of drug-likeness (QED) is 0.242. The molecule has 0 atom stereocenters. The van der Waals surface area contributed by atoms with Crippen molar-refractivity contribution in [3.05, 3.63) is 42.2 Å². The molecule has 0 radical (unpaired) electrons. The summed E-state index contributed by atoms with van der Waals surface area (Å²) in [6, 6.07) is 0. The molecule has 0 N–H and O–H groups in total. The lowest BCUT2D eigenvalue weighted by atomic mass is 10.2. The number of Topliss-reactive ketones (excluding diaryl/α,β-unsaturated/α-hetero) is 2. The Labute approximate surface area is 194 Å². The van der Waals surface area contributed by atoms with E-state index in [0.29, 0.717) is 17.9 Å². The van der Waals surface area contributed by atoms with Gasteiger partial charge in [-0.15, -0.1) is 0 Å². The highest BCUT2D eigenvalue weighted by Gasteiger charge is 2.27. The molecule has 0 fully saturated rings. The molecule has 2 rings (SSSR count). The largest absolute Gasteiger partial charge is 0.287 e. The number of hydrogen-bond acceptors (Lipinski definition) is 2. The summed E-state index contributed by atoms with van der Waals surface area (Å²) in [5, 5.41) is 0. The van der Waals surface area contributed by atoms with Gasteiger partial charge in [-0.2, -0.15) is 0 Å². The van der Waals surface area contributed by atoms with E-state index >= 15 is 0 Å². The Hall–Kier alpha value is 2.14. The lowest BCUT2D eigenvalue weighted by Crippen LogP contribution is -2.13. The van der Waals surface area contributed by atoms with Gasteiger partial charge in [-0.05, 0) is 88.0 Å². The zero-order valence-corrected chi connectivity index (χ0v) is 22.8. The zero-order chi connectivity index (χ0) is 17.3. The number of rotatable bonds is 0. The van der Waals surface area contributed by atoms with Crippen molar-refractivity contribution in [3.8, 4) is 0 Å². The molecule has 120 valence electrons. The first-order valence-corrected chi connectivity index (χ1v) is 11.6. The fraction of sp³-hybridized carbons (Fsp3) is 0.167. The number of carbonyl (C=O) groups is 2. The maximum Gasteiger partial charge on any atom is 0.206 e. The topological polar surface area (TPSA) is 34.1 Å². The molecule has 0 saturated carbocycles. The van der Waals surface area contributed by atoms with E-state index in [1.165, 1.54) is 0 Å². The van der Waals surface area contributed by atoms with Gasteiger partial charge < -0.3 is 0 Å². The molecular formula is C12H4Br8O2. The van der Waals surface area contributed by atoms with E-state index in [1.807, 2.05) is 0 Å². The second-order valence-corrected chi connectivity index (χ2v) is 14.8. The molecule has 0 aromatic rings. The number of carbonyl (C=O) groups excluding carboxylic acids is 2. The second-order valence-electron chi connectivity index (χ2n) is 3.98. The summed E-state index contributed by atoms with van der Waals surface area (Å²) >= 11 is 26.0. The van der Waals surface area contributed by atoms with E-state index in [1.54, 1.807) is 24.3 Å². The standard InChI is InChI=1S/2C6H2Br4O/c2*7-3-1-6(9,10)2-4(8)5(3)11/h2*1-2H. The molecule has 0 heterocycles. The van der Waals surface area contributed by atoms with Crippen molar-refractivity contribution >= 4 is 139 Å². The van der Waals surface area contributed by atoms with Crippen LogP contribution in [0.25, 0.3) is 0 Å². The summed E-state index contributed by atoms with van der Waals surface area (Å²) in [4.78, 5) is 22.3. The van der Waals surface area contributed by atoms with Crippen molar-refractivity contribution in [2.24, 2.45) is 0 Å². The molecule has 0 aromatic carbocycles. The summed E-state index contributed by atoms with van der Waals surface area (Å²) < 4.78 is 1.35. The number of alkyl halides is 4. The fourth-order valence-corrected chi connectivity index (χ4v) is 8.37. The Bertz CT molecular complexity index is 536. The molecule has 10 heteroatoms. The summed E-state index contributed by atoms with van der Waals surface area (Å²) in [7, 11) is 0. The monoisotopic (exact) mass is 811 g/mol. The molecule has 0 saturated heterocycles. The summed E-state index contributed by atoms with van der Waals surface area (Å²) in [6.45, 7) is 0. The normalized spacial score (nSPS) is 22.7. The minimum absolute atomic E-state index is 0.0421. The van der Waals surface area contributed by atoms with E-state index in [4.69, 9.17) is 0 Å². The smallest absolute Gasteiger partial charge is 0.206 e. The third kappa shape index (κ3) is 6.80. The molecule has 0 aromatic heterocycles. The van der Waals surface area contributed by atoms with Crippen LogP contribution in [-0.2, 0) is 9.59 Å². The van der Waals surface area contributed by atoms with Gasteiger partial charge >= 0.3 is 0 Å². The van der Waals surface area contributed by atoms with Crippen LogP contribution in [0.5, 0.6) is 0 Å². The maximum absolute atomic E-state index is 11.1. The molecule has 0 amide bonds. The molecule has 0 spiro atoms. The van der Waals surface area contributed by atoms with Crippen molar-refractivity contribution in [2.45, 2.75) is 6.47 Å². The van der Waals surface area contributed by atoms with Crippen LogP contribution < -0.4 is 0 Å². The highest BCUT2D eigenvalue weighted by Crippen LogP contribution is 2.39. The van der Waals surface area contributed by atoms with Crippen molar-refractivity contribution < 1.29 is 9.59 Å². The van der Waals surface area contributed by atoms with Gasteiger partial charge in [0.25, 0.3) is 0 Å². The van der Waals surface area contributed by atoms with Crippen LogP contribution >= 0.6 is 127 Å². The van der Waals surface area contributed by atoms with Crippen LogP contribution in [-0.4, -0.2) is 18.0 Å². The van der Waals surface area contributed by atoms with E-state index in [0.717, 1.165) is 0 Å². The number of ketones is 2. The highest BCUT2D eigenvalue weighted by atomic mass is 79.9. The maximum atomic E-state index is 11.1. The predicted molar refractivity (Wildman–Crippen MR) is 119 cm³/mol. The van der Waals surface area contributed by atoms with Crippen LogP contribution in [0.4, 0.5) is 0 Å². The molecule has 0 unspecified atom stereocenters.